The van der Waals surface area contributed by atoms with Crippen molar-refractivity contribution in [2.45, 2.75) is 43.8 Å². The Bertz CT molecular complexity index is 2290. The number of aliphatic hydroxyl groups excluding tert-OH is 2. The topological polar surface area (TPSA) is 119 Å². The van der Waals surface area contributed by atoms with Crippen LogP contribution in [-0.2, 0) is 0 Å². The molecule has 3 aromatic carbocycles. The molecule has 7 aromatic rings. The molecule has 0 bridgehead atoms. The lowest BCUT2D eigenvalue weighted by Gasteiger charge is -2.15. The second kappa shape index (κ2) is 13.0. The van der Waals surface area contributed by atoms with Gasteiger partial charge in [0.05, 0.1) is 30.1 Å². The van der Waals surface area contributed by atoms with E-state index in [2.05, 4.69) is 67.3 Å². The summed E-state index contributed by atoms with van der Waals surface area (Å²) in [4.78, 5) is 9.08. The summed E-state index contributed by atoms with van der Waals surface area (Å²) in [5, 5.41) is 27.5. The minimum atomic E-state index is -0.358. The van der Waals surface area contributed by atoms with E-state index in [0.717, 1.165) is 86.3 Å². The van der Waals surface area contributed by atoms with Crippen molar-refractivity contribution in [3.8, 4) is 44.9 Å². The van der Waals surface area contributed by atoms with Crippen LogP contribution in [0.15, 0.2) is 114 Å². The average Bonchev–Trinajstić information content (AvgIpc) is 4.03. The first kappa shape index (κ1) is 32.1. The number of nitrogens with zero attached hydrogens (tertiary/aromatic N) is 6. The van der Waals surface area contributed by atoms with E-state index < -0.39 is 0 Å². The van der Waals surface area contributed by atoms with Crippen LogP contribution in [0.4, 0.5) is 0 Å². The van der Waals surface area contributed by atoms with Gasteiger partial charge in [-0.3, -0.25) is 0 Å². The van der Waals surface area contributed by atoms with Crippen molar-refractivity contribution < 1.29 is 19.7 Å². The number of rotatable bonds is 9. The number of halogens is 1. The second-order valence-electron chi connectivity index (χ2n) is 13.1. The number of hydrogen-bond donors (Lipinski definition) is 2. The Balaban J connectivity index is 0.000000149. The number of aliphatic hydroxyl groups is 2. The van der Waals surface area contributed by atoms with Crippen LogP contribution in [0.25, 0.3) is 44.7 Å². The summed E-state index contributed by atoms with van der Waals surface area (Å²) < 4.78 is 16.2. The van der Waals surface area contributed by atoms with Crippen LogP contribution < -0.4 is 9.47 Å². The Hall–Kier alpha value is -5.10. The summed E-state index contributed by atoms with van der Waals surface area (Å²) in [5.41, 5.74) is 8.35. The monoisotopic (exact) mass is 730 g/mol. The number of benzene rings is 3. The molecule has 9 rings (SSSR count). The molecule has 2 N–H and O–H groups in total. The molecule has 4 aromatic heterocycles. The van der Waals surface area contributed by atoms with Gasteiger partial charge in [-0.1, -0.05) is 54.1 Å². The Kier molecular flexibility index (Phi) is 8.34. The summed E-state index contributed by atoms with van der Waals surface area (Å²) in [7, 11) is 0. The molecule has 11 heteroatoms. The van der Waals surface area contributed by atoms with E-state index in [-0.39, 0.29) is 24.4 Å². The second-order valence-corrected chi connectivity index (χ2v) is 13.9. The third kappa shape index (κ3) is 6.59. The predicted octanol–water partition coefficient (Wildman–Crippen LogP) is 7.34. The molecule has 50 heavy (non-hydrogen) atoms. The Labute approximate surface area is 297 Å². The molecule has 0 spiro atoms. The van der Waals surface area contributed by atoms with Crippen molar-refractivity contribution >= 4 is 27.2 Å². The zero-order valence-electron chi connectivity index (χ0n) is 27.4. The molecule has 0 aliphatic heterocycles. The molecule has 4 heterocycles. The summed E-state index contributed by atoms with van der Waals surface area (Å²) in [6.45, 7) is 2.22. The number of fused-ring (bicyclic) bond motifs is 2. The molecule has 0 saturated heterocycles. The maximum absolute atomic E-state index is 9.41. The van der Waals surface area contributed by atoms with Crippen LogP contribution in [0.5, 0.6) is 11.5 Å². The van der Waals surface area contributed by atoms with E-state index in [1.54, 1.807) is 10.7 Å². The van der Waals surface area contributed by atoms with Crippen LogP contribution in [0.1, 0.15) is 31.2 Å². The lowest BCUT2D eigenvalue weighted by Crippen LogP contribution is -2.22. The molecule has 2 fully saturated rings. The third-order valence-corrected chi connectivity index (χ3v) is 9.79. The Morgan fingerprint density at radius 2 is 1.16 bits per heavy atom. The molecule has 252 valence electrons. The molecule has 0 amide bonds. The van der Waals surface area contributed by atoms with Gasteiger partial charge in [0.25, 0.3) is 0 Å². The number of hydrogen-bond acceptors (Lipinski definition) is 8. The SMILES string of the molecule is Cc1cccc(-c2cnn3cc(-c4ccc(OC5(CO)CC5)cc4)cnc23)c1.OCC1(Oc2ccc(-c3cnc4c(Br)cnn4c3)cc2)CC1. The highest BCUT2D eigenvalue weighted by molar-refractivity contribution is 9.10. The standard InChI is InChI=1S/C23H21N3O2.C16H14BrN3O2/c1-16-3-2-4-18(11-16)21-13-25-26-14-19(12-24-22(21)26)17-5-7-20(8-6-17)28-23(15-27)9-10-23;17-14-8-19-20-9-12(7-18-15(14)20)11-1-3-13(4-2-11)22-16(10-21)5-6-16/h2-8,11-14,27H,9-10,15H2,1H3;1-4,7-9,21H,5-6,10H2. The van der Waals surface area contributed by atoms with Crippen LogP contribution in [0.3, 0.4) is 0 Å². The lowest BCUT2D eigenvalue weighted by atomic mass is 10.1. The average molecular weight is 732 g/mol. The Morgan fingerprint density at radius 3 is 1.68 bits per heavy atom. The highest BCUT2D eigenvalue weighted by Crippen LogP contribution is 2.41. The molecule has 10 nitrogen and oxygen atoms in total. The van der Waals surface area contributed by atoms with Gasteiger partial charge in [0.2, 0.25) is 0 Å². The molecular weight excluding hydrogens is 696 g/mol. The van der Waals surface area contributed by atoms with Crippen molar-refractivity contribution in [1.82, 2.24) is 29.2 Å². The van der Waals surface area contributed by atoms with Gasteiger partial charge in [0.1, 0.15) is 22.7 Å². The van der Waals surface area contributed by atoms with Crippen LogP contribution in [0, 0.1) is 6.92 Å². The first-order valence-electron chi connectivity index (χ1n) is 16.5. The van der Waals surface area contributed by atoms with Gasteiger partial charge in [-0.25, -0.2) is 19.0 Å². The van der Waals surface area contributed by atoms with Gasteiger partial charge in [-0.05, 0) is 89.5 Å². The first-order valence-corrected chi connectivity index (χ1v) is 17.3. The molecule has 2 aliphatic rings. The summed E-state index contributed by atoms with van der Waals surface area (Å²) in [6.07, 6.45) is 14.9. The van der Waals surface area contributed by atoms with Gasteiger partial charge in [0.15, 0.2) is 11.3 Å². The third-order valence-electron chi connectivity index (χ3n) is 9.23. The fourth-order valence-electron chi connectivity index (χ4n) is 5.83. The molecule has 2 saturated carbocycles. The van der Waals surface area contributed by atoms with E-state index in [0.29, 0.717) is 0 Å². The van der Waals surface area contributed by atoms with Crippen molar-refractivity contribution in [3.63, 3.8) is 0 Å². The maximum atomic E-state index is 9.41. The van der Waals surface area contributed by atoms with Gasteiger partial charge in [-0.15, -0.1) is 0 Å². The first-order chi connectivity index (χ1) is 24.3. The molecule has 0 unspecified atom stereocenters. The normalized spacial score (nSPS) is 15.4. The van der Waals surface area contributed by atoms with Crippen molar-refractivity contribution in [2.75, 3.05) is 13.2 Å². The fraction of sp³-hybridized carbons (Fsp3) is 0.231. The van der Waals surface area contributed by atoms with Gasteiger partial charge >= 0.3 is 0 Å². The molecule has 2 aliphatic carbocycles. The fourth-order valence-corrected chi connectivity index (χ4v) is 6.21. The smallest absolute Gasteiger partial charge is 0.169 e. The minimum Gasteiger partial charge on any atom is -0.485 e. The quantitative estimate of drug-likeness (QED) is 0.158. The van der Waals surface area contributed by atoms with E-state index in [9.17, 15) is 10.2 Å². The van der Waals surface area contributed by atoms with Crippen LogP contribution in [0.2, 0.25) is 0 Å². The number of aromatic nitrogens is 6. The largest absolute Gasteiger partial charge is 0.485 e. The summed E-state index contributed by atoms with van der Waals surface area (Å²) in [5.74, 6) is 1.57. The molecular formula is C39H35BrN6O4. The highest BCUT2D eigenvalue weighted by atomic mass is 79.9. The molecule has 0 radical (unpaired) electrons. The summed E-state index contributed by atoms with van der Waals surface area (Å²) >= 11 is 3.41. The van der Waals surface area contributed by atoms with Crippen molar-refractivity contribution in [3.05, 3.63) is 120 Å². The zero-order valence-corrected chi connectivity index (χ0v) is 29.0. The highest BCUT2D eigenvalue weighted by Gasteiger charge is 2.45. The lowest BCUT2D eigenvalue weighted by molar-refractivity contribution is 0.0953. The van der Waals surface area contributed by atoms with Crippen LogP contribution in [-0.4, -0.2) is 63.8 Å². The number of ether oxygens (including phenoxy) is 2. The maximum Gasteiger partial charge on any atom is 0.169 e. The predicted molar refractivity (Wildman–Crippen MR) is 194 cm³/mol. The minimum absolute atomic E-state index is 0.0674. The zero-order chi connectivity index (χ0) is 34.3. The van der Waals surface area contributed by atoms with E-state index in [4.69, 9.17) is 9.47 Å². The van der Waals surface area contributed by atoms with Crippen molar-refractivity contribution in [2.24, 2.45) is 0 Å². The van der Waals surface area contributed by atoms with E-state index in [1.165, 1.54) is 5.56 Å². The van der Waals surface area contributed by atoms with Gasteiger partial charge in [-0.2, -0.15) is 10.2 Å². The van der Waals surface area contributed by atoms with Crippen molar-refractivity contribution in [1.29, 1.82) is 0 Å². The van der Waals surface area contributed by atoms with E-state index in [1.807, 2.05) is 84.0 Å². The van der Waals surface area contributed by atoms with Crippen LogP contribution >= 0.6 is 15.9 Å². The number of aryl methyl sites for hydroxylation is 1. The van der Waals surface area contributed by atoms with Gasteiger partial charge in [0, 0.05) is 41.5 Å². The van der Waals surface area contributed by atoms with E-state index >= 15 is 0 Å². The summed E-state index contributed by atoms with van der Waals surface area (Å²) in [6, 6.07) is 24.1. The van der Waals surface area contributed by atoms with Gasteiger partial charge < -0.3 is 19.7 Å². The Morgan fingerprint density at radius 1 is 0.640 bits per heavy atom. The molecule has 0 atom stereocenters.